The SMILES string of the molecule is O=C([O-])CCCCCCCCCCc1ccc(O)cc1.[Na+]. The summed E-state index contributed by atoms with van der Waals surface area (Å²) in [6.45, 7) is 0. The average Bonchev–Trinajstić information content (AvgIpc) is 2.42. The molecule has 21 heavy (non-hydrogen) atoms. The third-order valence-electron chi connectivity index (χ3n) is 3.53. The van der Waals surface area contributed by atoms with Crippen molar-refractivity contribution in [3.05, 3.63) is 29.8 Å². The summed E-state index contributed by atoms with van der Waals surface area (Å²) in [6, 6.07) is 7.43. The molecule has 1 N–H and O–H groups in total. The number of aryl methyl sites for hydroxylation is 1. The molecule has 0 atom stereocenters. The minimum absolute atomic E-state index is 0. The van der Waals surface area contributed by atoms with E-state index >= 15 is 0 Å². The molecule has 0 aromatic heterocycles. The number of phenolic OH excluding ortho intramolecular Hbond substituents is 1. The molecule has 0 amide bonds. The molecule has 0 fully saturated rings. The van der Waals surface area contributed by atoms with Gasteiger partial charge in [-0.1, -0.05) is 50.7 Å². The van der Waals surface area contributed by atoms with Crippen molar-refractivity contribution >= 4 is 5.97 Å². The first-order valence-corrected chi connectivity index (χ1v) is 7.66. The molecule has 4 heteroatoms. The number of aromatic hydroxyl groups is 1. The molecule has 112 valence electrons. The number of hydrogen-bond donors (Lipinski definition) is 1. The van der Waals surface area contributed by atoms with E-state index in [0.717, 1.165) is 25.7 Å². The maximum absolute atomic E-state index is 10.2. The van der Waals surface area contributed by atoms with E-state index < -0.39 is 5.97 Å². The first-order chi connectivity index (χ1) is 9.68. The van der Waals surface area contributed by atoms with Gasteiger partial charge in [-0.3, -0.25) is 0 Å². The summed E-state index contributed by atoms with van der Waals surface area (Å²) in [4.78, 5) is 10.2. The third kappa shape index (κ3) is 11.8. The molecule has 0 saturated heterocycles. The first-order valence-electron chi connectivity index (χ1n) is 7.66. The Morgan fingerprint density at radius 2 is 1.33 bits per heavy atom. The van der Waals surface area contributed by atoms with Crippen LogP contribution < -0.4 is 34.7 Å². The summed E-state index contributed by atoms with van der Waals surface area (Å²) >= 11 is 0. The van der Waals surface area contributed by atoms with Crippen molar-refractivity contribution in [1.29, 1.82) is 0 Å². The molecule has 1 aromatic rings. The minimum Gasteiger partial charge on any atom is -0.550 e. The molecule has 0 aliphatic heterocycles. The number of unbranched alkanes of at least 4 members (excludes halogenated alkanes) is 7. The molecule has 0 aliphatic carbocycles. The topological polar surface area (TPSA) is 60.4 Å². The van der Waals surface area contributed by atoms with Crippen LogP contribution in [-0.2, 0) is 11.2 Å². The quantitative estimate of drug-likeness (QED) is 0.469. The maximum atomic E-state index is 10.2. The molecule has 0 aliphatic rings. The third-order valence-corrected chi connectivity index (χ3v) is 3.53. The van der Waals surface area contributed by atoms with Crippen molar-refractivity contribution in [3.63, 3.8) is 0 Å². The fourth-order valence-electron chi connectivity index (χ4n) is 2.32. The van der Waals surface area contributed by atoms with Crippen LogP contribution in [0.2, 0.25) is 0 Å². The van der Waals surface area contributed by atoms with Crippen LogP contribution in [0.15, 0.2) is 24.3 Å². The van der Waals surface area contributed by atoms with E-state index in [4.69, 9.17) is 0 Å². The minimum atomic E-state index is -0.931. The van der Waals surface area contributed by atoms with Crippen LogP contribution in [0.4, 0.5) is 0 Å². The number of benzene rings is 1. The van der Waals surface area contributed by atoms with Gasteiger partial charge in [0.1, 0.15) is 5.75 Å². The molecular formula is C17H25NaO3. The van der Waals surface area contributed by atoms with Crippen LogP contribution >= 0.6 is 0 Å². The van der Waals surface area contributed by atoms with Crippen molar-refractivity contribution in [3.8, 4) is 5.75 Å². The van der Waals surface area contributed by atoms with Crippen LogP contribution in [-0.4, -0.2) is 11.1 Å². The van der Waals surface area contributed by atoms with Gasteiger partial charge >= 0.3 is 29.6 Å². The fourth-order valence-corrected chi connectivity index (χ4v) is 2.32. The van der Waals surface area contributed by atoms with E-state index in [1.54, 1.807) is 12.1 Å². The van der Waals surface area contributed by atoms with Crippen molar-refractivity contribution in [2.45, 2.75) is 64.2 Å². The molecule has 1 rings (SSSR count). The summed E-state index contributed by atoms with van der Waals surface area (Å²) in [7, 11) is 0. The van der Waals surface area contributed by atoms with Crippen molar-refractivity contribution in [1.82, 2.24) is 0 Å². The van der Waals surface area contributed by atoms with Gasteiger partial charge in [0.05, 0.1) is 0 Å². The number of hydrogen-bond acceptors (Lipinski definition) is 3. The van der Waals surface area contributed by atoms with Gasteiger partial charge in [-0.05, 0) is 43.4 Å². The van der Waals surface area contributed by atoms with Gasteiger partial charge in [0, 0.05) is 5.97 Å². The van der Waals surface area contributed by atoms with E-state index in [9.17, 15) is 15.0 Å². The molecule has 0 unspecified atom stereocenters. The van der Waals surface area contributed by atoms with E-state index in [0.29, 0.717) is 5.75 Å². The van der Waals surface area contributed by atoms with Crippen LogP contribution in [0.3, 0.4) is 0 Å². The molecule has 0 heterocycles. The summed E-state index contributed by atoms with van der Waals surface area (Å²) in [6.07, 6.45) is 10.3. The molecule has 3 nitrogen and oxygen atoms in total. The molecule has 0 spiro atoms. The second kappa shape index (κ2) is 13.2. The average molecular weight is 300 g/mol. The zero-order valence-electron chi connectivity index (χ0n) is 13.1. The van der Waals surface area contributed by atoms with Crippen LogP contribution in [0.1, 0.15) is 63.4 Å². The van der Waals surface area contributed by atoms with E-state index in [1.165, 1.54) is 37.7 Å². The Morgan fingerprint density at radius 3 is 1.86 bits per heavy atom. The Morgan fingerprint density at radius 1 is 0.857 bits per heavy atom. The number of aliphatic carboxylic acids is 1. The Bertz CT molecular complexity index is 376. The van der Waals surface area contributed by atoms with Crippen LogP contribution in [0, 0.1) is 0 Å². The zero-order chi connectivity index (χ0) is 14.6. The molecule has 0 saturated carbocycles. The summed E-state index contributed by atoms with van der Waals surface area (Å²) < 4.78 is 0. The second-order valence-corrected chi connectivity index (χ2v) is 5.37. The monoisotopic (exact) mass is 300 g/mol. The number of carboxylic acids is 1. The Hall–Kier alpha value is -0.510. The van der Waals surface area contributed by atoms with E-state index in [-0.39, 0.29) is 36.0 Å². The predicted molar refractivity (Wildman–Crippen MR) is 78.4 cm³/mol. The Labute approximate surface area is 150 Å². The normalized spacial score (nSPS) is 10.1. The number of carbonyl (C=O) groups excluding carboxylic acids is 1. The van der Waals surface area contributed by atoms with Gasteiger partial charge in [0.15, 0.2) is 0 Å². The second-order valence-electron chi connectivity index (χ2n) is 5.37. The number of rotatable bonds is 11. The molecule has 1 aromatic carbocycles. The first kappa shape index (κ1) is 20.5. The summed E-state index contributed by atoms with van der Waals surface area (Å²) in [5.41, 5.74) is 1.28. The Balaban J connectivity index is 0.00000400. The number of phenols is 1. The van der Waals surface area contributed by atoms with E-state index in [1.807, 2.05) is 12.1 Å². The zero-order valence-corrected chi connectivity index (χ0v) is 15.1. The molecular weight excluding hydrogens is 275 g/mol. The largest absolute Gasteiger partial charge is 1.00 e. The van der Waals surface area contributed by atoms with Crippen LogP contribution in [0.5, 0.6) is 5.75 Å². The van der Waals surface area contributed by atoms with Crippen molar-refractivity contribution in [2.24, 2.45) is 0 Å². The summed E-state index contributed by atoms with van der Waals surface area (Å²) in [5, 5.41) is 19.4. The maximum Gasteiger partial charge on any atom is 1.00 e. The van der Waals surface area contributed by atoms with Crippen LogP contribution in [0.25, 0.3) is 0 Å². The van der Waals surface area contributed by atoms with Gasteiger partial charge in [0.2, 0.25) is 0 Å². The van der Waals surface area contributed by atoms with E-state index in [2.05, 4.69) is 0 Å². The van der Waals surface area contributed by atoms with Gasteiger partial charge in [-0.25, -0.2) is 0 Å². The molecule has 0 bridgehead atoms. The smallest absolute Gasteiger partial charge is 0.550 e. The van der Waals surface area contributed by atoms with Gasteiger partial charge in [-0.2, -0.15) is 0 Å². The predicted octanol–water partition coefficient (Wildman–Crippen LogP) is 0.199. The molecule has 0 radical (unpaired) electrons. The summed E-state index contributed by atoms with van der Waals surface area (Å²) in [5.74, 6) is -0.605. The van der Waals surface area contributed by atoms with Gasteiger partial charge in [-0.15, -0.1) is 0 Å². The van der Waals surface area contributed by atoms with Gasteiger partial charge in [0.25, 0.3) is 0 Å². The standard InChI is InChI=1S/C17H26O3.Na/c18-16-13-11-15(12-14-16)9-7-5-3-1-2-4-6-8-10-17(19)20;/h11-14,18H,1-10H2,(H,19,20);/q;+1/p-1. The fraction of sp³-hybridized carbons (Fsp3) is 0.588. The van der Waals surface area contributed by atoms with Crippen molar-refractivity contribution < 1.29 is 44.6 Å². The number of carboxylic acid groups (broad SMARTS) is 1. The number of carbonyl (C=O) groups is 1. The Kier molecular flexibility index (Phi) is 12.9. The van der Waals surface area contributed by atoms with Gasteiger partial charge < -0.3 is 15.0 Å². The van der Waals surface area contributed by atoms with Crippen molar-refractivity contribution in [2.75, 3.05) is 0 Å².